The first-order chi connectivity index (χ1) is 18.9. The molecular weight excluding hydrogens is 503 g/mol. The molecule has 2 amide bonds. The molecule has 1 saturated carbocycles. The molecule has 3 aromatic rings. The third-order valence-corrected chi connectivity index (χ3v) is 7.82. The molecule has 10 heteroatoms. The number of carbonyl (C=O) groups is 3. The van der Waals surface area contributed by atoms with Crippen LogP contribution in [0.25, 0.3) is 5.69 Å². The summed E-state index contributed by atoms with van der Waals surface area (Å²) < 4.78 is 26.4. The second kappa shape index (κ2) is 9.52. The van der Waals surface area contributed by atoms with Crippen LogP contribution in [0.4, 0.5) is 15.8 Å². The minimum Gasteiger partial charge on any atom is -0.494 e. The molecular formula is C29H29FN4O5. The van der Waals surface area contributed by atoms with Gasteiger partial charge in [0.15, 0.2) is 17.3 Å². The number of anilines is 2. The normalized spacial score (nSPS) is 17.8. The topological polar surface area (TPSA) is 94.0 Å². The van der Waals surface area contributed by atoms with Crippen LogP contribution in [-0.2, 0) is 14.9 Å². The molecule has 0 radical (unpaired) electrons. The molecule has 3 aliphatic rings. The van der Waals surface area contributed by atoms with E-state index in [9.17, 15) is 18.8 Å². The smallest absolute Gasteiger partial charge is 0.359 e. The molecule has 0 bridgehead atoms. The maximum atomic E-state index is 14.7. The lowest BCUT2D eigenvalue weighted by molar-refractivity contribution is -0.119. The van der Waals surface area contributed by atoms with Crippen LogP contribution in [0, 0.1) is 5.82 Å². The Labute approximate surface area is 225 Å². The predicted molar refractivity (Wildman–Crippen MR) is 141 cm³/mol. The third kappa shape index (κ3) is 4.14. The number of ether oxygens (including phenoxy) is 2. The number of piperidine rings is 1. The van der Waals surface area contributed by atoms with Gasteiger partial charge < -0.3 is 19.3 Å². The van der Waals surface area contributed by atoms with Gasteiger partial charge in [-0.3, -0.25) is 9.59 Å². The number of carbonyl (C=O) groups excluding carboxylic acids is 3. The average Bonchev–Trinajstić information content (AvgIpc) is 3.59. The largest absolute Gasteiger partial charge is 0.494 e. The van der Waals surface area contributed by atoms with E-state index in [4.69, 9.17) is 9.47 Å². The Balaban J connectivity index is 1.43. The molecule has 0 N–H and O–H groups in total. The summed E-state index contributed by atoms with van der Waals surface area (Å²) in [5.74, 6) is -1.40. The lowest BCUT2D eigenvalue weighted by atomic mass is 9.88. The first-order valence-corrected chi connectivity index (χ1v) is 13.2. The maximum absolute atomic E-state index is 14.7. The zero-order chi connectivity index (χ0) is 27.3. The van der Waals surface area contributed by atoms with E-state index >= 15 is 0 Å². The van der Waals surface area contributed by atoms with Crippen LogP contribution in [0.5, 0.6) is 5.75 Å². The molecule has 6 rings (SSSR count). The van der Waals surface area contributed by atoms with Gasteiger partial charge in [0, 0.05) is 47.9 Å². The Morgan fingerprint density at radius 1 is 1.03 bits per heavy atom. The van der Waals surface area contributed by atoms with Crippen molar-refractivity contribution in [2.75, 3.05) is 36.6 Å². The average molecular weight is 533 g/mol. The maximum Gasteiger partial charge on any atom is 0.359 e. The molecule has 0 unspecified atom stereocenters. The molecule has 202 valence electrons. The van der Waals surface area contributed by atoms with Gasteiger partial charge in [-0.05, 0) is 69.0 Å². The number of fused-ring (bicyclic) bond motifs is 2. The summed E-state index contributed by atoms with van der Waals surface area (Å²) in [4.78, 5) is 42.9. The first kappa shape index (κ1) is 25.1. The van der Waals surface area contributed by atoms with Gasteiger partial charge in [-0.2, -0.15) is 5.10 Å². The number of methoxy groups -OCH3 is 1. The van der Waals surface area contributed by atoms with Crippen molar-refractivity contribution in [2.45, 2.75) is 44.4 Å². The van der Waals surface area contributed by atoms with E-state index in [0.29, 0.717) is 36.4 Å². The molecule has 0 atom stereocenters. The van der Waals surface area contributed by atoms with Crippen molar-refractivity contribution in [2.24, 2.45) is 0 Å². The number of nitrogens with zero attached hydrogens (tertiary/aromatic N) is 4. The molecule has 1 aromatic heterocycles. The van der Waals surface area contributed by atoms with Crippen molar-refractivity contribution in [1.29, 1.82) is 0 Å². The van der Waals surface area contributed by atoms with Crippen molar-refractivity contribution in [3.63, 3.8) is 0 Å². The molecule has 9 nitrogen and oxygen atoms in total. The fraction of sp³-hybridized carbons (Fsp3) is 0.379. The van der Waals surface area contributed by atoms with E-state index in [1.165, 1.54) is 23.9 Å². The van der Waals surface area contributed by atoms with Crippen LogP contribution in [0.2, 0.25) is 0 Å². The third-order valence-electron chi connectivity index (χ3n) is 7.82. The van der Waals surface area contributed by atoms with Gasteiger partial charge in [0.25, 0.3) is 5.91 Å². The second-order valence-corrected chi connectivity index (χ2v) is 10.2. The van der Waals surface area contributed by atoms with Crippen LogP contribution in [0.3, 0.4) is 0 Å². The minimum absolute atomic E-state index is 0.0595. The molecule has 39 heavy (non-hydrogen) atoms. The molecule has 3 heterocycles. The number of amides is 2. The summed E-state index contributed by atoms with van der Waals surface area (Å²) in [6.45, 7) is 2.94. The summed E-state index contributed by atoms with van der Waals surface area (Å²) >= 11 is 0. The van der Waals surface area contributed by atoms with Gasteiger partial charge in [0.05, 0.1) is 19.4 Å². The second-order valence-electron chi connectivity index (χ2n) is 10.2. The SMILES string of the molecule is CCOC(=O)c1nn(-c2ccc(OC)c(F)c2)c2c1C1(CC1)CN(c1ccc(N3CCCCC3=O)cc1)C2=O. The number of benzene rings is 2. The van der Waals surface area contributed by atoms with Crippen molar-refractivity contribution in [3.8, 4) is 11.4 Å². The van der Waals surface area contributed by atoms with Gasteiger partial charge in [-0.15, -0.1) is 0 Å². The van der Waals surface area contributed by atoms with Gasteiger partial charge in [0.2, 0.25) is 5.91 Å². The molecule has 1 spiro atoms. The number of hydrogen-bond donors (Lipinski definition) is 0. The van der Waals surface area contributed by atoms with Crippen LogP contribution >= 0.6 is 0 Å². The molecule has 2 aromatic carbocycles. The van der Waals surface area contributed by atoms with E-state index in [2.05, 4.69) is 5.10 Å². The Morgan fingerprint density at radius 3 is 2.33 bits per heavy atom. The van der Waals surface area contributed by atoms with Crippen LogP contribution in [-0.4, -0.2) is 54.4 Å². The highest BCUT2D eigenvalue weighted by atomic mass is 19.1. The van der Waals surface area contributed by atoms with E-state index in [1.807, 2.05) is 24.3 Å². The molecule has 2 aliphatic heterocycles. The van der Waals surface area contributed by atoms with Gasteiger partial charge in [-0.25, -0.2) is 13.9 Å². The van der Waals surface area contributed by atoms with Crippen LogP contribution in [0.1, 0.15) is 65.6 Å². The number of aromatic nitrogens is 2. The van der Waals surface area contributed by atoms with Crippen molar-refractivity contribution in [3.05, 3.63) is 65.2 Å². The number of halogens is 1. The van der Waals surface area contributed by atoms with Crippen LogP contribution in [0.15, 0.2) is 42.5 Å². The fourth-order valence-corrected chi connectivity index (χ4v) is 5.67. The fourth-order valence-electron chi connectivity index (χ4n) is 5.67. The lowest BCUT2D eigenvalue weighted by Gasteiger charge is -2.34. The van der Waals surface area contributed by atoms with Crippen molar-refractivity contribution in [1.82, 2.24) is 9.78 Å². The Morgan fingerprint density at radius 2 is 1.72 bits per heavy atom. The van der Waals surface area contributed by atoms with Gasteiger partial charge in [0.1, 0.15) is 5.69 Å². The summed E-state index contributed by atoms with van der Waals surface area (Å²) in [6, 6.07) is 11.7. The number of hydrogen-bond acceptors (Lipinski definition) is 6. The molecule has 1 saturated heterocycles. The number of rotatable bonds is 6. The van der Waals surface area contributed by atoms with Crippen molar-refractivity contribution >= 4 is 29.2 Å². The summed E-state index contributed by atoms with van der Waals surface area (Å²) in [7, 11) is 1.37. The standard InChI is InChI=1S/C29H29FN4O5/c1-3-39-28(37)25-24-26(34(31-25)20-11-12-22(38-2)21(30)16-20)27(36)33(17-29(24)13-14-29)19-9-7-18(8-10-19)32-15-5-4-6-23(32)35/h7-12,16H,3-6,13-15,17H2,1-2H3. The zero-order valence-electron chi connectivity index (χ0n) is 21.9. The summed E-state index contributed by atoms with van der Waals surface area (Å²) in [6.07, 6.45) is 3.96. The predicted octanol–water partition coefficient (Wildman–Crippen LogP) is 4.41. The molecule has 1 aliphatic carbocycles. The Kier molecular flexibility index (Phi) is 6.12. The van der Waals surface area contributed by atoms with Gasteiger partial charge in [-0.1, -0.05) is 0 Å². The highest BCUT2D eigenvalue weighted by Crippen LogP contribution is 2.54. The van der Waals surface area contributed by atoms with Gasteiger partial charge >= 0.3 is 5.97 Å². The van der Waals surface area contributed by atoms with Crippen molar-refractivity contribution < 1.29 is 28.2 Å². The zero-order valence-corrected chi connectivity index (χ0v) is 21.9. The first-order valence-electron chi connectivity index (χ1n) is 13.2. The van der Waals surface area contributed by atoms with E-state index in [1.54, 1.807) is 22.8 Å². The highest BCUT2D eigenvalue weighted by Gasteiger charge is 2.56. The summed E-state index contributed by atoms with van der Waals surface area (Å²) in [5.41, 5.74) is 2.21. The quantitative estimate of drug-likeness (QED) is 0.437. The highest BCUT2D eigenvalue weighted by molar-refractivity contribution is 6.10. The van der Waals surface area contributed by atoms with E-state index in [-0.39, 0.29) is 35.6 Å². The monoisotopic (exact) mass is 532 g/mol. The minimum atomic E-state index is -0.610. The van der Waals surface area contributed by atoms with E-state index in [0.717, 1.165) is 31.4 Å². The summed E-state index contributed by atoms with van der Waals surface area (Å²) in [5, 5.41) is 4.52. The Hall–Kier alpha value is -4.21. The number of esters is 1. The van der Waals surface area contributed by atoms with Crippen LogP contribution < -0.4 is 14.5 Å². The Bertz CT molecular complexity index is 1480. The lowest BCUT2D eigenvalue weighted by Crippen LogP contribution is -2.44. The van der Waals surface area contributed by atoms with E-state index < -0.39 is 17.2 Å². The molecule has 2 fully saturated rings.